The standard InChI is InChI=1S/C26H24N4O3/c31-17-20-6-1-2-9-21(20)18-7-5-8-19(16-18)25(33)29-12-14-30(15-13-29)26-27-23-11-4-3-10-22(23)24(32)28-26/h1-11,16,31H,12-15,17H2,(H,27,28,32). The van der Waals surface area contributed by atoms with Crippen molar-refractivity contribution in [2.75, 3.05) is 31.1 Å². The van der Waals surface area contributed by atoms with E-state index in [0.29, 0.717) is 48.6 Å². The van der Waals surface area contributed by atoms with Crippen molar-refractivity contribution in [3.8, 4) is 11.1 Å². The lowest BCUT2D eigenvalue weighted by molar-refractivity contribution is 0.0746. The molecule has 2 N–H and O–H groups in total. The number of rotatable bonds is 4. The molecule has 1 aliphatic heterocycles. The Bertz CT molecular complexity index is 1370. The minimum atomic E-state index is -0.158. The molecule has 1 aromatic heterocycles. The van der Waals surface area contributed by atoms with Gasteiger partial charge in [0.2, 0.25) is 5.95 Å². The second-order valence-corrected chi connectivity index (χ2v) is 8.08. The highest BCUT2D eigenvalue weighted by molar-refractivity contribution is 5.95. The molecule has 0 atom stereocenters. The fourth-order valence-electron chi connectivity index (χ4n) is 4.29. The molecular weight excluding hydrogens is 416 g/mol. The topological polar surface area (TPSA) is 89.5 Å². The minimum absolute atomic E-state index is 0.0297. The normalized spacial score (nSPS) is 14.0. The highest BCUT2D eigenvalue weighted by atomic mass is 16.3. The summed E-state index contributed by atoms with van der Waals surface area (Å²) in [5, 5.41) is 10.2. The van der Waals surface area contributed by atoms with Gasteiger partial charge in [-0.2, -0.15) is 0 Å². The summed E-state index contributed by atoms with van der Waals surface area (Å²) in [6.45, 7) is 2.18. The number of amides is 1. The molecule has 0 saturated carbocycles. The van der Waals surface area contributed by atoms with E-state index < -0.39 is 0 Å². The molecule has 0 radical (unpaired) electrons. The van der Waals surface area contributed by atoms with Gasteiger partial charge in [-0.05, 0) is 41.0 Å². The van der Waals surface area contributed by atoms with Gasteiger partial charge in [0, 0.05) is 31.7 Å². The van der Waals surface area contributed by atoms with Crippen molar-refractivity contribution >= 4 is 22.8 Å². The van der Waals surface area contributed by atoms with Crippen molar-refractivity contribution in [2.45, 2.75) is 6.61 Å². The van der Waals surface area contributed by atoms with Crippen LogP contribution in [-0.4, -0.2) is 52.1 Å². The van der Waals surface area contributed by atoms with Crippen LogP contribution in [0.4, 0.5) is 5.95 Å². The number of fused-ring (bicyclic) bond motifs is 1. The van der Waals surface area contributed by atoms with Crippen LogP contribution in [0, 0.1) is 0 Å². The van der Waals surface area contributed by atoms with Crippen LogP contribution in [0.15, 0.2) is 77.6 Å². The molecule has 166 valence electrons. The van der Waals surface area contributed by atoms with E-state index in [1.54, 1.807) is 6.07 Å². The number of aromatic nitrogens is 2. The van der Waals surface area contributed by atoms with Crippen LogP contribution >= 0.6 is 0 Å². The summed E-state index contributed by atoms with van der Waals surface area (Å²) in [5.41, 5.74) is 3.77. The molecule has 5 rings (SSSR count). The van der Waals surface area contributed by atoms with E-state index in [4.69, 9.17) is 0 Å². The van der Waals surface area contributed by atoms with Crippen molar-refractivity contribution in [1.82, 2.24) is 14.9 Å². The Balaban J connectivity index is 1.32. The zero-order chi connectivity index (χ0) is 22.8. The summed E-state index contributed by atoms with van der Waals surface area (Å²) in [4.78, 5) is 36.9. The summed E-state index contributed by atoms with van der Waals surface area (Å²) in [6.07, 6.45) is 0. The number of aromatic amines is 1. The zero-order valence-electron chi connectivity index (χ0n) is 18.1. The van der Waals surface area contributed by atoms with Gasteiger partial charge in [-0.15, -0.1) is 0 Å². The Morgan fingerprint density at radius 3 is 2.52 bits per heavy atom. The largest absolute Gasteiger partial charge is 0.392 e. The number of hydrogen-bond acceptors (Lipinski definition) is 5. The fourth-order valence-corrected chi connectivity index (χ4v) is 4.29. The summed E-state index contributed by atoms with van der Waals surface area (Å²) in [7, 11) is 0. The molecule has 1 fully saturated rings. The summed E-state index contributed by atoms with van der Waals surface area (Å²) in [5.74, 6) is 0.506. The van der Waals surface area contributed by atoms with E-state index >= 15 is 0 Å². The molecule has 0 aliphatic carbocycles. The SMILES string of the molecule is O=C(c1cccc(-c2ccccc2CO)c1)N1CCN(c2nc3ccccc3c(=O)[nH]2)CC1. The zero-order valence-corrected chi connectivity index (χ0v) is 18.1. The van der Waals surface area contributed by atoms with Gasteiger partial charge in [0.15, 0.2) is 0 Å². The number of carbonyl (C=O) groups excluding carboxylic acids is 1. The van der Waals surface area contributed by atoms with Crippen molar-refractivity contribution in [1.29, 1.82) is 0 Å². The lowest BCUT2D eigenvalue weighted by atomic mass is 9.98. The van der Waals surface area contributed by atoms with E-state index in [-0.39, 0.29) is 18.1 Å². The van der Waals surface area contributed by atoms with Crippen LogP contribution in [-0.2, 0) is 6.61 Å². The highest BCUT2D eigenvalue weighted by Gasteiger charge is 2.24. The predicted octanol–water partition coefficient (Wildman–Crippen LogP) is 3.04. The number of aliphatic hydroxyl groups excluding tert-OH is 1. The molecule has 0 spiro atoms. The molecule has 3 aromatic carbocycles. The second-order valence-electron chi connectivity index (χ2n) is 8.08. The molecule has 1 saturated heterocycles. The molecule has 7 heteroatoms. The first kappa shape index (κ1) is 20.9. The third-order valence-electron chi connectivity index (χ3n) is 6.08. The maximum atomic E-state index is 13.2. The van der Waals surface area contributed by atoms with Crippen molar-refractivity contribution < 1.29 is 9.90 Å². The number of benzene rings is 3. The third kappa shape index (κ3) is 4.10. The van der Waals surface area contributed by atoms with E-state index in [0.717, 1.165) is 16.7 Å². The monoisotopic (exact) mass is 440 g/mol. The van der Waals surface area contributed by atoms with Crippen LogP contribution in [0.25, 0.3) is 22.0 Å². The van der Waals surface area contributed by atoms with E-state index in [1.165, 1.54) is 0 Å². The smallest absolute Gasteiger partial charge is 0.260 e. The summed E-state index contributed by atoms with van der Waals surface area (Å²) < 4.78 is 0. The summed E-state index contributed by atoms with van der Waals surface area (Å²) in [6, 6.07) is 22.4. The number of anilines is 1. The number of aliphatic hydroxyl groups is 1. The Morgan fingerprint density at radius 2 is 1.70 bits per heavy atom. The maximum Gasteiger partial charge on any atom is 0.260 e. The molecule has 2 heterocycles. The van der Waals surface area contributed by atoms with Gasteiger partial charge in [-0.25, -0.2) is 4.98 Å². The molecule has 1 aliphatic rings. The van der Waals surface area contributed by atoms with Gasteiger partial charge >= 0.3 is 0 Å². The fraction of sp³-hybridized carbons (Fsp3) is 0.192. The van der Waals surface area contributed by atoms with Crippen LogP contribution in [0.5, 0.6) is 0 Å². The van der Waals surface area contributed by atoms with Gasteiger partial charge in [-0.1, -0.05) is 48.5 Å². The quantitative estimate of drug-likeness (QED) is 0.509. The number of nitrogens with zero attached hydrogens (tertiary/aromatic N) is 3. The second kappa shape index (κ2) is 8.88. The summed E-state index contributed by atoms with van der Waals surface area (Å²) >= 11 is 0. The van der Waals surface area contributed by atoms with Gasteiger partial charge in [0.05, 0.1) is 17.5 Å². The molecular formula is C26H24N4O3. The van der Waals surface area contributed by atoms with E-state index in [2.05, 4.69) is 9.97 Å². The molecule has 1 amide bonds. The van der Waals surface area contributed by atoms with E-state index in [9.17, 15) is 14.7 Å². The van der Waals surface area contributed by atoms with Gasteiger partial charge in [0.1, 0.15) is 0 Å². The van der Waals surface area contributed by atoms with Gasteiger partial charge < -0.3 is 14.9 Å². The number of carbonyl (C=O) groups is 1. The molecule has 7 nitrogen and oxygen atoms in total. The Labute approximate surface area is 190 Å². The van der Waals surface area contributed by atoms with Crippen LogP contribution in [0.2, 0.25) is 0 Å². The maximum absolute atomic E-state index is 13.2. The first-order chi connectivity index (χ1) is 16.1. The number of nitrogens with one attached hydrogen (secondary N) is 1. The average molecular weight is 441 g/mol. The molecule has 4 aromatic rings. The van der Waals surface area contributed by atoms with Gasteiger partial charge in [0.25, 0.3) is 11.5 Å². The number of para-hydroxylation sites is 1. The van der Waals surface area contributed by atoms with Crippen LogP contribution < -0.4 is 10.5 Å². The number of hydrogen-bond donors (Lipinski definition) is 2. The third-order valence-corrected chi connectivity index (χ3v) is 6.08. The van der Waals surface area contributed by atoms with Crippen molar-refractivity contribution in [3.05, 3.63) is 94.3 Å². The van der Waals surface area contributed by atoms with Crippen LogP contribution in [0.1, 0.15) is 15.9 Å². The number of piperazine rings is 1. The van der Waals surface area contributed by atoms with E-state index in [1.807, 2.05) is 76.5 Å². The van der Waals surface area contributed by atoms with Gasteiger partial charge in [-0.3, -0.25) is 14.6 Å². The Kier molecular flexibility index (Phi) is 5.62. The number of H-pyrrole nitrogens is 1. The van der Waals surface area contributed by atoms with Crippen LogP contribution in [0.3, 0.4) is 0 Å². The lowest BCUT2D eigenvalue weighted by Crippen LogP contribution is -2.49. The molecule has 0 bridgehead atoms. The first-order valence-electron chi connectivity index (χ1n) is 11.0. The van der Waals surface area contributed by atoms with Crippen molar-refractivity contribution in [3.63, 3.8) is 0 Å². The highest BCUT2D eigenvalue weighted by Crippen LogP contribution is 2.25. The predicted molar refractivity (Wildman–Crippen MR) is 128 cm³/mol. The molecule has 33 heavy (non-hydrogen) atoms. The Morgan fingerprint density at radius 1 is 0.939 bits per heavy atom. The first-order valence-corrected chi connectivity index (χ1v) is 11.0. The lowest BCUT2D eigenvalue weighted by Gasteiger charge is -2.35. The average Bonchev–Trinajstić information content (AvgIpc) is 2.88. The Hall–Kier alpha value is -3.97. The van der Waals surface area contributed by atoms with Crippen molar-refractivity contribution in [2.24, 2.45) is 0 Å². The minimum Gasteiger partial charge on any atom is -0.392 e. The molecule has 0 unspecified atom stereocenters.